The fourth-order valence-electron chi connectivity index (χ4n) is 2.23. The molecule has 0 aliphatic rings. The van der Waals surface area contributed by atoms with Crippen molar-refractivity contribution >= 4 is 10.8 Å². The maximum absolute atomic E-state index is 5.34. The lowest BCUT2D eigenvalue weighted by Gasteiger charge is -2.04. The van der Waals surface area contributed by atoms with Crippen molar-refractivity contribution in [2.75, 3.05) is 7.05 Å². The second-order valence-corrected chi connectivity index (χ2v) is 4.93. The smallest absolute Gasteiger partial charge is 0.228 e. The van der Waals surface area contributed by atoms with Crippen LogP contribution < -0.4 is 5.32 Å². The third-order valence-electron chi connectivity index (χ3n) is 3.47. The molecule has 0 fully saturated rings. The van der Waals surface area contributed by atoms with Crippen molar-refractivity contribution in [1.82, 2.24) is 15.5 Å². The highest BCUT2D eigenvalue weighted by Crippen LogP contribution is 2.26. The van der Waals surface area contributed by atoms with Crippen LogP contribution in [0.1, 0.15) is 12.8 Å². The summed E-state index contributed by atoms with van der Waals surface area (Å²) < 4.78 is 5.34. The van der Waals surface area contributed by atoms with E-state index in [4.69, 9.17) is 4.52 Å². The molecule has 20 heavy (non-hydrogen) atoms. The second-order valence-electron chi connectivity index (χ2n) is 4.93. The Morgan fingerprint density at radius 1 is 1.15 bits per heavy atom. The molecule has 4 heteroatoms. The Kier molecular flexibility index (Phi) is 3.48. The van der Waals surface area contributed by atoms with Crippen LogP contribution in [0.15, 0.2) is 47.0 Å². The fraction of sp³-hybridized carbons (Fsp3) is 0.250. The average Bonchev–Trinajstić information content (AvgIpc) is 2.94. The molecule has 1 aromatic heterocycles. The van der Waals surface area contributed by atoms with Crippen LogP contribution in [0.2, 0.25) is 0 Å². The standard InChI is InChI=1S/C16H17N3O/c1-11(17-2)10-15-18-16(19-20-15)14-9-5-7-12-6-3-4-8-13(12)14/h3-9,11,17H,10H2,1-2H3. The maximum atomic E-state index is 5.34. The lowest BCUT2D eigenvalue weighted by atomic mass is 10.0. The highest BCUT2D eigenvalue weighted by atomic mass is 16.5. The number of rotatable bonds is 4. The summed E-state index contributed by atoms with van der Waals surface area (Å²) in [6.07, 6.45) is 0.730. The van der Waals surface area contributed by atoms with Crippen LogP contribution in [-0.2, 0) is 6.42 Å². The number of nitrogens with one attached hydrogen (secondary N) is 1. The van der Waals surface area contributed by atoms with Crippen molar-refractivity contribution in [3.8, 4) is 11.4 Å². The number of aromatic nitrogens is 2. The average molecular weight is 267 g/mol. The summed E-state index contributed by atoms with van der Waals surface area (Å²) in [7, 11) is 1.92. The van der Waals surface area contributed by atoms with Gasteiger partial charge in [0.15, 0.2) is 0 Å². The minimum atomic E-state index is 0.316. The normalized spacial score (nSPS) is 12.7. The van der Waals surface area contributed by atoms with Gasteiger partial charge in [-0.2, -0.15) is 4.98 Å². The quantitative estimate of drug-likeness (QED) is 0.789. The molecule has 1 heterocycles. The van der Waals surface area contributed by atoms with Crippen LogP contribution in [0.25, 0.3) is 22.2 Å². The third-order valence-corrected chi connectivity index (χ3v) is 3.47. The Morgan fingerprint density at radius 2 is 1.95 bits per heavy atom. The van der Waals surface area contributed by atoms with Crippen molar-refractivity contribution in [3.05, 3.63) is 48.4 Å². The number of fused-ring (bicyclic) bond motifs is 1. The minimum absolute atomic E-state index is 0.316. The van der Waals surface area contributed by atoms with E-state index in [1.165, 1.54) is 5.39 Å². The summed E-state index contributed by atoms with van der Waals surface area (Å²) in [5.41, 5.74) is 1.01. The van der Waals surface area contributed by atoms with Gasteiger partial charge in [0.2, 0.25) is 11.7 Å². The SMILES string of the molecule is CNC(C)Cc1nc(-c2cccc3ccccc23)no1. The molecule has 4 nitrogen and oxygen atoms in total. The van der Waals surface area contributed by atoms with E-state index in [2.05, 4.69) is 40.6 Å². The number of benzene rings is 2. The number of likely N-dealkylation sites (N-methyl/N-ethyl adjacent to an activating group) is 1. The highest BCUT2D eigenvalue weighted by Gasteiger charge is 2.12. The van der Waals surface area contributed by atoms with Gasteiger partial charge in [-0.1, -0.05) is 47.6 Å². The molecule has 2 aromatic carbocycles. The zero-order valence-corrected chi connectivity index (χ0v) is 11.6. The van der Waals surface area contributed by atoms with Gasteiger partial charge in [-0.15, -0.1) is 0 Å². The Morgan fingerprint density at radius 3 is 2.80 bits per heavy atom. The zero-order valence-electron chi connectivity index (χ0n) is 11.6. The van der Waals surface area contributed by atoms with E-state index in [0.29, 0.717) is 17.8 Å². The van der Waals surface area contributed by atoms with Gasteiger partial charge >= 0.3 is 0 Å². The molecule has 0 spiro atoms. The summed E-state index contributed by atoms with van der Waals surface area (Å²) in [6, 6.07) is 14.7. The Bertz CT molecular complexity index is 715. The molecule has 0 saturated heterocycles. The van der Waals surface area contributed by atoms with Gasteiger partial charge in [-0.05, 0) is 24.7 Å². The van der Waals surface area contributed by atoms with E-state index in [-0.39, 0.29) is 0 Å². The molecule has 0 aliphatic heterocycles. The van der Waals surface area contributed by atoms with Gasteiger partial charge in [0.25, 0.3) is 0 Å². The van der Waals surface area contributed by atoms with Crippen LogP contribution in [-0.4, -0.2) is 23.2 Å². The van der Waals surface area contributed by atoms with E-state index in [0.717, 1.165) is 17.4 Å². The van der Waals surface area contributed by atoms with Crippen molar-refractivity contribution in [1.29, 1.82) is 0 Å². The molecular formula is C16H17N3O. The first-order chi connectivity index (χ1) is 9.78. The van der Waals surface area contributed by atoms with Crippen molar-refractivity contribution < 1.29 is 4.52 Å². The molecular weight excluding hydrogens is 250 g/mol. The molecule has 0 aliphatic carbocycles. The second kappa shape index (κ2) is 5.43. The van der Waals surface area contributed by atoms with Gasteiger partial charge in [0, 0.05) is 18.0 Å². The van der Waals surface area contributed by atoms with Gasteiger partial charge < -0.3 is 9.84 Å². The van der Waals surface area contributed by atoms with E-state index in [1.54, 1.807) is 0 Å². The van der Waals surface area contributed by atoms with Crippen LogP contribution in [0.4, 0.5) is 0 Å². The summed E-state index contributed by atoms with van der Waals surface area (Å²) in [5.74, 6) is 1.31. The Labute approximate surface area is 117 Å². The van der Waals surface area contributed by atoms with Gasteiger partial charge in [0.1, 0.15) is 0 Å². The van der Waals surface area contributed by atoms with Crippen LogP contribution in [0, 0.1) is 0 Å². The Hall–Kier alpha value is -2.20. The van der Waals surface area contributed by atoms with Gasteiger partial charge in [-0.3, -0.25) is 0 Å². The summed E-state index contributed by atoms with van der Waals surface area (Å²) in [4.78, 5) is 4.50. The van der Waals surface area contributed by atoms with Gasteiger partial charge in [-0.25, -0.2) is 0 Å². The number of hydrogen-bond acceptors (Lipinski definition) is 4. The molecule has 3 rings (SSSR count). The summed E-state index contributed by atoms with van der Waals surface area (Å²) >= 11 is 0. The van der Waals surface area contributed by atoms with E-state index in [9.17, 15) is 0 Å². The predicted molar refractivity (Wildman–Crippen MR) is 79.5 cm³/mol. The topological polar surface area (TPSA) is 51.0 Å². The molecule has 3 aromatic rings. The van der Waals surface area contributed by atoms with E-state index in [1.807, 2.05) is 31.3 Å². The van der Waals surface area contributed by atoms with E-state index >= 15 is 0 Å². The van der Waals surface area contributed by atoms with Crippen LogP contribution in [0.3, 0.4) is 0 Å². The molecule has 0 bridgehead atoms. The first kappa shape index (κ1) is 12.8. The van der Waals surface area contributed by atoms with Crippen molar-refractivity contribution in [2.45, 2.75) is 19.4 Å². The van der Waals surface area contributed by atoms with Crippen molar-refractivity contribution in [2.24, 2.45) is 0 Å². The molecule has 0 saturated carbocycles. The molecule has 1 unspecified atom stereocenters. The summed E-state index contributed by atoms with van der Waals surface area (Å²) in [5, 5.41) is 9.60. The lowest BCUT2D eigenvalue weighted by molar-refractivity contribution is 0.365. The molecule has 102 valence electrons. The number of hydrogen-bond donors (Lipinski definition) is 1. The number of nitrogens with zero attached hydrogens (tertiary/aromatic N) is 2. The maximum Gasteiger partial charge on any atom is 0.228 e. The predicted octanol–water partition coefficient (Wildman–Crippen LogP) is 3.04. The van der Waals surface area contributed by atoms with Crippen LogP contribution in [0.5, 0.6) is 0 Å². The molecule has 0 radical (unpaired) electrons. The monoisotopic (exact) mass is 267 g/mol. The highest BCUT2D eigenvalue weighted by molar-refractivity contribution is 5.94. The minimum Gasteiger partial charge on any atom is -0.339 e. The first-order valence-electron chi connectivity index (χ1n) is 6.76. The largest absolute Gasteiger partial charge is 0.339 e. The van der Waals surface area contributed by atoms with Crippen LogP contribution >= 0.6 is 0 Å². The summed E-state index contributed by atoms with van der Waals surface area (Å²) in [6.45, 7) is 2.09. The molecule has 1 atom stereocenters. The third kappa shape index (κ3) is 2.42. The first-order valence-corrected chi connectivity index (χ1v) is 6.76. The molecule has 1 N–H and O–H groups in total. The zero-order chi connectivity index (χ0) is 13.9. The lowest BCUT2D eigenvalue weighted by Crippen LogP contribution is -2.23. The van der Waals surface area contributed by atoms with E-state index < -0.39 is 0 Å². The fourth-order valence-corrected chi connectivity index (χ4v) is 2.23. The van der Waals surface area contributed by atoms with Crippen molar-refractivity contribution in [3.63, 3.8) is 0 Å². The van der Waals surface area contributed by atoms with Gasteiger partial charge in [0.05, 0.1) is 0 Å². The Balaban J connectivity index is 1.99. The molecule has 0 amide bonds.